The highest BCUT2D eigenvalue weighted by Crippen LogP contribution is 2.29. The van der Waals surface area contributed by atoms with E-state index >= 15 is 0 Å². The molecule has 64 valence electrons. The minimum atomic E-state index is 1.10. The highest BCUT2D eigenvalue weighted by atomic mass is 32.1. The second-order valence-electron chi connectivity index (χ2n) is 2.69. The standard InChI is InChI=1S/C11H14S/c1-5-9-8(4)10(6-2)12-11(9)7-3/h5,7H,1,3,6H2,2,4H3. The molecule has 0 bridgehead atoms. The van der Waals surface area contributed by atoms with Gasteiger partial charge >= 0.3 is 0 Å². The Morgan fingerprint density at radius 3 is 2.33 bits per heavy atom. The summed E-state index contributed by atoms with van der Waals surface area (Å²) in [6.45, 7) is 11.9. The Labute approximate surface area is 78.2 Å². The van der Waals surface area contributed by atoms with Crippen LogP contribution in [-0.2, 0) is 6.42 Å². The third-order valence-corrected chi connectivity index (χ3v) is 3.48. The quantitative estimate of drug-likeness (QED) is 0.658. The summed E-state index contributed by atoms with van der Waals surface area (Å²) in [5.41, 5.74) is 2.62. The molecular weight excluding hydrogens is 164 g/mol. The van der Waals surface area contributed by atoms with Gasteiger partial charge in [0.25, 0.3) is 0 Å². The van der Waals surface area contributed by atoms with Crippen LogP contribution in [0.2, 0.25) is 0 Å². The zero-order valence-corrected chi connectivity index (χ0v) is 8.50. The van der Waals surface area contributed by atoms with Gasteiger partial charge in [-0.2, -0.15) is 0 Å². The number of thiophene rings is 1. The van der Waals surface area contributed by atoms with Crippen LogP contribution in [0.3, 0.4) is 0 Å². The summed E-state index contributed by atoms with van der Waals surface area (Å²) in [6, 6.07) is 0. The molecule has 1 heteroatoms. The van der Waals surface area contributed by atoms with Crippen LogP contribution in [-0.4, -0.2) is 0 Å². The van der Waals surface area contributed by atoms with Gasteiger partial charge in [0.05, 0.1) is 0 Å². The Hall–Kier alpha value is -0.820. The molecule has 0 radical (unpaired) electrons. The van der Waals surface area contributed by atoms with Crippen molar-refractivity contribution >= 4 is 23.5 Å². The first-order valence-corrected chi connectivity index (χ1v) is 4.93. The van der Waals surface area contributed by atoms with E-state index in [-0.39, 0.29) is 0 Å². The van der Waals surface area contributed by atoms with Gasteiger partial charge in [0, 0.05) is 9.75 Å². The van der Waals surface area contributed by atoms with Crippen LogP contribution in [0, 0.1) is 6.92 Å². The summed E-state index contributed by atoms with van der Waals surface area (Å²) in [7, 11) is 0. The fourth-order valence-corrected chi connectivity index (χ4v) is 2.44. The summed E-state index contributed by atoms with van der Waals surface area (Å²) >= 11 is 1.82. The third kappa shape index (κ3) is 1.37. The summed E-state index contributed by atoms with van der Waals surface area (Å²) in [5.74, 6) is 0. The smallest absolute Gasteiger partial charge is 0.0342 e. The topological polar surface area (TPSA) is 0 Å². The van der Waals surface area contributed by atoms with E-state index in [4.69, 9.17) is 0 Å². The maximum Gasteiger partial charge on any atom is 0.0342 e. The minimum Gasteiger partial charge on any atom is -0.140 e. The minimum absolute atomic E-state index is 1.10. The molecule has 0 N–H and O–H groups in total. The van der Waals surface area contributed by atoms with Crippen molar-refractivity contribution in [2.45, 2.75) is 20.3 Å². The van der Waals surface area contributed by atoms with Crippen molar-refractivity contribution in [2.75, 3.05) is 0 Å². The molecule has 1 aromatic heterocycles. The van der Waals surface area contributed by atoms with Crippen LogP contribution in [0.4, 0.5) is 0 Å². The van der Waals surface area contributed by atoms with E-state index in [1.54, 1.807) is 0 Å². The highest BCUT2D eigenvalue weighted by Gasteiger charge is 2.07. The van der Waals surface area contributed by atoms with Gasteiger partial charge in [-0.25, -0.2) is 0 Å². The van der Waals surface area contributed by atoms with E-state index in [1.165, 1.54) is 20.9 Å². The van der Waals surface area contributed by atoms with Gasteiger partial charge in [0.1, 0.15) is 0 Å². The Bertz CT molecular complexity index is 305. The predicted octanol–water partition coefficient (Wildman–Crippen LogP) is 3.90. The van der Waals surface area contributed by atoms with Gasteiger partial charge in [-0.1, -0.05) is 32.2 Å². The van der Waals surface area contributed by atoms with Gasteiger partial charge in [0.15, 0.2) is 0 Å². The Balaban J connectivity index is 3.31. The lowest BCUT2D eigenvalue weighted by molar-refractivity contribution is 1.16. The fourth-order valence-electron chi connectivity index (χ4n) is 1.34. The molecular formula is C11H14S. The zero-order chi connectivity index (χ0) is 9.14. The number of hydrogen-bond donors (Lipinski definition) is 0. The van der Waals surface area contributed by atoms with Gasteiger partial charge in [-0.15, -0.1) is 11.3 Å². The summed E-state index contributed by atoms with van der Waals surface area (Å²) < 4.78 is 0. The van der Waals surface area contributed by atoms with Crippen molar-refractivity contribution < 1.29 is 0 Å². The first-order chi connectivity index (χ1) is 5.74. The molecule has 0 aromatic carbocycles. The second kappa shape index (κ2) is 3.72. The average Bonchev–Trinajstić information content (AvgIpc) is 2.41. The maximum absolute atomic E-state index is 3.81. The Morgan fingerprint density at radius 1 is 1.33 bits per heavy atom. The molecule has 0 saturated carbocycles. The lowest BCUT2D eigenvalue weighted by Crippen LogP contribution is -1.79. The Morgan fingerprint density at radius 2 is 2.00 bits per heavy atom. The summed E-state index contributed by atoms with van der Waals surface area (Å²) in [5, 5.41) is 0. The van der Waals surface area contributed by atoms with E-state index in [0.717, 1.165) is 6.42 Å². The van der Waals surface area contributed by atoms with Crippen LogP contribution < -0.4 is 0 Å². The van der Waals surface area contributed by atoms with E-state index < -0.39 is 0 Å². The number of rotatable bonds is 3. The highest BCUT2D eigenvalue weighted by molar-refractivity contribution is 7.13. The Kier molecular flexibility index (Phi) is 2.88. The molecule has 0 aliphatic carbocycles. The lowest BCUT2D eigenvalue weighted by atomic mass is 10.1. The zero-order valence-electron chi connectivity index (χ0n) is 7.68. The number of hydrogen-bond acceptors (Lipinski definition) is 1. The predicted molar refractivity (Wildman–Crippen MR) is 58.6 cm³/mol. The summed E-state index contributed by atoms with van der Waals surface area (Å²) in [6.07, 6.45) is 4.93. The van der Waals surface area contributed by atoms with Gasteiger partial charge in [-0.3, -0.25) is 0 Å². The van der Waals surface area contributed by atoms with E-state index in [2.05, 4.69) is 27.0 Å². The van der Waals surface area contributed by atoms with E-state index in [0.29, 0.717) is 0 Å². The fraction of sp³-hybridized carbons (Fsp3) is 0.273. The SMILES string of the molecule is C=Cc1sc(CC)c(C)c1C=C. The molecule has 12 heavy (non-hydrogen) atoms. The molecule has 0 spiro atoms. The number of aryl methyl sites for hydroxylation is 1. The van der Waals surface area contributed by atoms with E-state index in [9.17, 15) is 0 Å². The van der Waals surface area contributed by atoms with Crippen LogP contribution in [0.5, 0.6) is 0 Å². The second-order valence-corrected chi connectivity index (χ2v) is 3.83. The van der Waals surface area contributed by atoms with Gasteiger partial charge in [0.2, 0.25) is 0 Å². The van der Waals surface area contributed by atoms with Crippen LogP contribution in [0.25, 0.3) is 12.2 Å². The maximum atomic E-state index is 3.81. The van der Waals surface area contributed by atoms with E-state index in [1.807, 2.05) is 23.5 Å². The van der Waals surface area contributed by atoms with Crippen LogP contribution >= 0.6 is 11.3 Å². The largest absolute Gasteiger partial charge is 0.140 e. The van der Waals surface area contributed by atoms with Gasteiger partial charge in [-0.05, 0) is 24.5 Å². The van der Waals surface area contributed by atoms with Crippen molar-refractivity contribution in [3.63, 3.8) is 0 Å². The lowest BCUT2D eigenvalue weighted by Gasteiger charge is -1.93. The van der Waals surface area contributed by atoms with Crippen molar-refractivity contribution in [1.82, 2.24) is 0 Å². The molecule has 0 aliphatic rings. The monoisotopic (exact) mass is 178 g/mol. The normalized spacial score (nSPS) is 9.83. The molecule has 0 fully saturated rings. The van der Waals surface area contributed by atoms with Gasteiger partial charge < -0.3 is 0 Å². The molecule has 0 unspecified atom stereocenters. The first kappa shape index (κ1) is 9.27. The van der Waals surface area contributed by atoms with Crippen molar-refractivity contribution in [2.24, 2.45) is 0 Å². The molecule has 0 atom stereocenters. The van der Waals surface area contributed by atoms with Crippen molar-refractivity contribution in [3.05, 3.63) is 34.0 Å². The van der Waals surface area contributed by atoms with Crippen molar-refractivity contribution in [3.8, 4) is 0 Å². The molecule has 1 rings (SSSR count). The van der Waals surface area contributed by atoms with Crippen LogP contribution in [0.15, 0.2) is 13.2 Å². The molecule has 0 amide bonds. The molecule has 1 heterocycles. The molecule has 0 nitrogen and oxygen atoms in total. The average molecular weight is 178 g/mol. The third-order valence-electron chi connectivity index (χ3n) is 2.03. The molecule has 0 aliphatic heterocycles. The van der Waals surface area contributed by atoms with Crippen LogP contribution in [0.1, 0.15) is 27.8 Å². The first-order valence-electron chi connectivity index (χ1n) is 4.11. The summed E-state index contributed by atoms with van der Waals surface area (Å²) in [4.78, 5) is 2.69. The molecule has 1 aromatic rings. The molecule has 0 saturated heterocycles. The van der Waals surface area contributed by atoms with Crippen molar-refractivity contribution in [1.29, 1.82) is 0 Å².